The van der Waals surface area contributed by atoms with Crippen molar-refractivity contribution in [3.8, 4) is 0 Å². The summed E-state index contributed by atoms with van der Waals surface area (Å²) in [6.45, 7) is 2.26. The number of alkyl halides is 6. The molecule has 2 atom stereocenters. The lowest BCUT2D eigenvalue weighted by Crippen LogP contribution is -2.58. The number of rotatable bonds is 8. The Balaban J connectivity index is 1.98. The highest BCUT2D eigenvalue weighted by Gasteiger charge is 2.73. The summed E-state index contributed by atoms with van der Waals surface area (Å²) in [5.41, 5.74) is -12.4. The van der Waals surface area contributed by atoms with E-state index in [2.05, 4.69) is 4.74 Å². The molecule has 266 valence electrons. The number of carbonyl (C=O) groups is 2. The van der Waals surface area contributed by atoms with Crippen LogP contribution in [0.5, 0.6) is 0 Å². The number of Topliss-reactive ketones (excluding diaryl/α,β-unsaturated/α-hetero) is 1. The minimum absolute atomic E-state index is 0.270. The van der Waals surface area contributed by atoms with Crippen LogP contribution in [0.25, 0.3) is 0 Å². The standard InChI is InChI=1S/C33H29F9O6S/c1-28(2,3)30(27(44)45)18-29(16-15-26(30)43,49(46,47)22-13-11-21(34)12-14-22)19-7-9-20(10-8-19)31(32(37,38)39,33(40,41)42)48-17-23-24(35)5-4-6-25(23)36/h4-14H,15-18H2,1-3H3,(H,44,45). The second-order valence-corrected chi connectivity index (χ2v) is 15.0. The number of hydrogen-bond acceptors (Lipinski definition) is 5. The lowest BCUT2D eigenvalue weighted by atomic mass is 9.55. The summed E-state index contributed by atoms with van der Waals surface area (Å²) < 4.78 is 160. The van der Waals surface area contributed by atoms with Crippen molar-refractivity contribution >= 4 is 21.6 Å². The normalized spacial score (nSPS) is 21.1. The molecule has 1 aliphatic rings. The number of carboxylic acids is 1. The molecule has 0 amide bonds. The summed E-state index contributed by atoms with van der Waals surface area (Å²) in [7, 11) is -4.88. The van der Waals surface area contributed by atoms with Crippen molar-refractivity contribution < 1.29 is 67.4 Å². The van der Waals surface area contributed by atoms with E-state index in [0.717, 1.165) is 30.3 Å². The molecule has 0 aliphatic heterocycles. The Labute approximate surface area is 274 Å². The van der Waals surface area contributed by atoms with E-state index in [1.807, 2.05) is 0 Å². The molecule has 3 aromatic carbocycles. The highest BCUT2D eigenvalue weighted by molar-refractivity contribution is 7.92. The fraction of sp³-hybridized carbons (Fsp3) is 0.394. The maximum absolute atomic E-state index is 14.5. The largest absolute Gasteiger partial charge is 0.480 e. The van der Waals surface area contributed by atoms with Crippen LogP contribution in [0, 0.1) is 28.3 Å². The fourth-order valence-electron chi connectivity index (χ4n) is 6.41. The maximum atomic E-state index is 14.5. The van der Waals surface area contributed by atoms with Gasteiger partial charge in [-0.3, -0.25) is 9.59 Å². The molecular weight excluding hydrogens is 695 g/mol. The molecule has 2 unspecified atom stereocenters. The van der Waals surface area contributed by atoms with Crippen molar-refractivity contribution in [3.63, 3.8) is 0 Å². The first kappa shape index (κ1) is 37.9. The molecular formula is C33H29F9O6S. The lowest BCUT2D eigenvalue weighted by molar-refractivity contribution is -0.392. The van der Waals surface area contributed by atoms with Crippen LogP contribution in [0.2, 0.25) is 0 Å². The van der Waals surface area contributed by atoms with Gasteiger partial charge in [-0.25, -0.2) is 21.6 Å². The summed E-state index contributed by atoms with van der Waals surface area (Å²) in [5, 5.41) is 10.4. The van der Waals surface area contributed by atoms with E-state index in [1.54, 1.807) is 0 Å². The molecule has 1 saturated carbocycles. The molecule has 0 spiro atoms. The zero-order chi connectivity index (χ0) is 37.0. The van der Waals surface area contributed by atoms with Gasteiger partial charge in [0.2, 0.25) is 0 Å². The zero-order valence-corrected chi connectivity index (χ0v) is 26.8. The number of aliphatic carboxylic acids is 1. The minimum Gasteiger partial charge on any atom is -0.480 e. The monoisotopic (exact) mass is 724 g/mol. The molecule has 1 N–H and O–H groups in total. The summed E-state index contributed by atoms with van der Waals surface area (Å²) in [6.07, 6.45) is -14.9. The van der Waals surface area contributed by atoms with Gasteiger partial charge in [0.15, 0.2) is 15.6 Å². The number of halogens is 9. The van der Waals surface area contributed by atoms with Crippen molar-refractivity contribution in [1.82, 2.24) is 0 Å². The van der Waals surface area contributed by atoms with Crippen LogP contribution in [0.15, 0.2) is 71.6 Å². The second-order valence-electron chi connectivity index (χ2n) is 12.8. The Morgan fingerprint density at radius 2 is 1.35 bits per heavy atom. The summed E-state index contributed by atoms with van der Waals surface area (Å²) in [6, 6.07) is 7.06. The van der Waals surface area contributed by atoms with E-state index in [1.165, 1.54) is 20.8 Å². The molecule has 0 radical (unpaired) electrons. The third-order valence-corrected chi connectivity index (χ3v) is 11.7. The lowest BCUT2D eigenvalue weighted by Gasteiger charge is -2.50. The van der Waals surface area contributed by atoms with Crippen LogP contribution in [0.4, 0.5) is 39.5 Å². The molecule has 16 heteroatoms. The van der Waals surface area contributed by atoms with E-state index in [9.17, 15) is 62.6 Å². The quantitative estimate of drug-likeness (QED) is 0.143. The van der Waals surface area contributed by atoms with Gasteiger partial charge < -0.3 is 9.84 Å². The van der Waals surface area contributed by atoms with Crippen molar-refractivity contribution in [1.29, 1.82) is 0 Å². The van der Waals surface area contributed by atoms with Crippen molar-refractivity contribution in [2.45, 2.75) is 74.2 Å². The molecule has 1 aliphatic carbocycles. The minimum atomic E-state index is -6.30. The molecule has 49 heavy (non-hydrogen) atoms. The molecule has 1 fully saturated rings. The van der Waals surface area contributed by atoms with Gasteiger partial charge in [-0.05, 0) is 60.2 Å². The predicted molar refractivity (Wildman–Crippen MR) is 155 cm³/mol. The Hall–Kier alpha value is -3.92. The molecule has 0 heterocycles. The van der Waals surface area contributed by atoms with Crippen LogP contribution < -0.4 is 0 Å². The first-order valence-electron chi connectivity index (χ1n) is 14.5. The van der Waals surface area contributed by atoms with Crippen LogP contribution in [0.3, 0.4) is 0 Å². The number of carboxylic acid groups (broad SMARTS) is 1. The van der Waals surface area contributed by atoms with E-state index < -0.39 is 120 Å². The maximum Gasteiger partial charge on any atom is 0.430 e. The van der Waals surface area contributed by atoms with E-state index in [0.29, 0.717) is 24.3 Å². The van der Waals surface area contributed by atoms with E-state index in [4.69, 9.17) is 0 Å². The van der Waals surface area contributed by atoms with Crippen molar-refractivity contribution in [2.75, 3.05) is 0 Å². The Bertz CT molecular complexity index is 1810. The fourth-order valence-corrected chi connectivity index (χ4v) is 8.58. The predicted octanol–water partition coefficient (Wildman–Crippen LogP) is 8.18. The van der Waals surface area contributed by atoms with Gasteiger partial charge in [0.1, 0.15) is 27.6 Å². The van der Waals surface area contributed by atoms with Gasteiger partial charge >= 0.3 is 18.3 Å². The molecule has 0 saturated heterocycles. The molecule has 0 bridgehead atoms. The van der Waals surface area contributed by atoms with Crippen molar-refractivity contribution in [2.24, 2.45) is 10.8 Å². The van der Waals surface area contributed by atoms with Crippen molar-refractivity contribution in [3.05, 3.63) is 101 Å². The average Bonchev–Trinajstić information content (AvgIpc) is 2.97. The third kappa shape index (κ3) is 6.00. The number of ether oxygens (including phenoxy) is 1. The van der Waals surface area contributed by atoms with Crippen LogP contribution in [-0.2, 0) is 41.1 Å². The summed E-state index contributed by atoms with van der Waals surface area (Å²) in [4.78, 5) is 25.6. The van der Waals surface area contributed by atoms with Crippen LogP contribution >= 0.6 is 0 Å². The van der Waals surface area contributed by atoms with E-state index in [-0.39, 0.29) is 12.1 Å². The second kappa shape index (κ2) is 12.4. The summed E-state index contributed by atoms with van der Waals surface area (Å²) in [5.74, 6) is -6.36. The van der Waals surface area contributed by atoms with Crippen LogP contribution in [0.1, 0.15) is 56.7 Å². The van der Waals surface area contributed by atoms with E-state index >= 15 is 0 Å². The third-order valence-electron chi connectivity index (χ3n) is 9.18. The molecule has 6 nitrogen and oxygen atoms in total. The number of sulfone groups is 1. The Morgan fingerprint density at radius 1 is 0.837 bits per heavy atom. The SMILES string of the molecule is CC(C)(C)C1(C(=O)O)CC(c2ccc(C(OCc3c(F)cccc3F)(C(F)(F)F)C(F)(F)F)cc2)(S(=O)(=O)c2ccc(F)cc2)CCC1=O. The number of benzene rings is 3. The molecule has 3 aromatic rings. The van der Waals surface area contributed by atoms with Gasteiger partial charge in [0.25, 0.3) is 5.60 Å². The van der Waals surface area contributed by atoms with Gasteiger partial charge in [-0.15, -0.1) is 0 Å². The first-order chi connectivity index (χ1) is 22.4. The highest BCUT2D eigenvalue weighted by Crippen LogP contribution is 2.59. The van der Waals surface area contributed by atoms with Gasteiger partial charge in [0.05, 0.1) is 11.5 Å². The first-order valence-corrected chi connectivity index (χ1v) is 16.0. The number of hydrogen-bond donors (Lipinski definition) is 1. The van der Waals surface area contributed by atoms with Gasteiger partial charge in [-0.1, -0.05) is 51.1 Å². The topological polar surface area (TPSA) is 97.7 Å². The van der Waals surface area contributed by atoms with Crippen LogP contribution in [-0.4, -0.2) is 37.6 Å². The average molecular weight is 725 g/mol. The smallest absolute Gasteiger partial charge is 0.430 e. The Morgan fingerprint density at radius 3 is 1.80 bits per heavy atom. The molecule has 4 rings (SSSR count). The van der Waals surface area contributed by atoms with Gasteiger partial charge in [-0.2, -0.15) is 26.3 Å². The number of ketones is 1. The highest BCUT2D eigenvalue weighted by atomic mass is 32.2. The Kier molecular flexibility index (Phi) is 9.62. The number of carbonyl (C=O) groups excluding carboxylic acids is 1. The van der Waals surface area contributed by atoms with Gasteiger partial charge in [0, 0.05) is 17.5 Å². The summed E-state index contributed by atoms with van der Waals surface area (Å²) >= 11 is 0. The molecule has 0 aromatic heterocycles. The zero-order valence-electron chi connectivity index (χ0n) is 26.0.